The summed E-state index contributed by atoms with van der Waals surface area (Å²) < 4.78 is 44.5. The summed E-state index contributed by atoms with van der Waals surface area (Å²) in [5.41, 5.74) is 1.58. The number of rotatable bonds is 3. The summed E-state index contributed by atoms with van der Waals surface area (Å²) in [4.78, 5) is 13.8. The van der Waals surface area contributed by atoms with Gasteiger partial charge in [-0.3, -0.25) is 0 Å². The first-order valence-electron chi connectivity index (χ1n) is 9.69. The lowest BCUT2D eigenvalue weighted by atomic mass is 9.96. The molecule has 0 atom stereocenters. The van der Waals surface area contributed by atoms with Gasteiger partial charge in [0.2, 0.25) is 0 Å². The van der Waals surface area contributed by atoms with E-state index >= 15 is 0 Å². The minimum Gasteiger partial charge on any atom is -0.446 e. The molecule has 2 saturated carbocycles. The molecular weight excluding hydrogens is 381 g/mol. The monoisotopic (exact) mass is 402 g/mol. The second-order valence-electron chi connectivity index (χ2n) is 7.42. The lowest BCUT2D eigenvalue weighted by Gasteiger charge is -2.25. The van der Waals surface area contributed by atoms with Crippen LogP contribution in [0.15, 0.2) is 42.5 Å². The highest BCUT2D eigenvalue weighted by molar-refractivity contribution is 5.86. The molecule has 0 spiro atoms. The number of benzene rings is 2. The molecule has 0 aliphatic heterocycles. The number of aromatic amines is 1. The molecule has 2 N–H and O–H groups in total. The largest absolute Gasteiger partial charge is 0.446 e. The molecule has 0 saturated heterocycles. The van der Waals surface area contributed by atoms with E-state index < -0.39 is 11.6 Å². The van der Waals surface area contributed by atoms with Gasteiger partial charge in [0.05, 0.1) is 5.52 Å². The number of halogens is 3. The molecule has 3 aromatic rings. The topological polar surface area (TPSA) is 54.1 Å². The van der Waals surface area contributed by atoms with E-state index in [1.807, 2.05) is 0 Å². The highest BCUT2D eigenvalue weighted by Gasteiger charge is 2.27. The summed E-state index contributed by atoms with van der Waals surface area (Å²) in [5, 5.41) is 3.24. The molecule has 2 aromatic carbocycles. The first kappa shape index (κ1) is 19.4. The smallest absolute Gasteiger partial charge is 0.407 e. The van der Waals surface area contributed by atoms with Gasteiger partial charge in [0.25, 0.3) is 0 Å². The molecule has 0 unspecified atom stereocenters. The van der Waals surface area contributed by atoms with Crippen LogP contribution in [0, 0.1) is 17.5 Å². The predicted octanol–water partition coefficient (Wildman–Crippen LogP) is 5.68. The van der Waals surface area contributed by atoms with Crippen molar-refractivity contribution in [2.45, 2.75) is 44.2 Å². The van der Waals surface area contributed by atoms with Crippen molar-refractivity contribution < 1.29 is 22.7 Å². The Hall–Kier alpha value is -2.96. The third kappa shape index (κ3) is 4.91. The number of hydrogen-bond acceptors (Lipinski definition) is 2. The molecule has 0 radical (unpaired) electrons. The van der Waals surface area contributed by atoms with Crippen LogP contribution in [0.25, 0.3) is 22.2 Å². The summed E-state index contributed by atoms with van der Waals surface area (Å²) >= 11 is 0. The van der Waals surface area contributed by atoms with Gasteiger partial charge in [0, 0.05) is 23.2 Å². The van der Waals surface area contributed by atoms with Gasteiger partial charge in [-0.25, -0.2) is 18.0 Å². The molecule has 7 heteroatoms. The van der Waals surface area contributed by atoms with Crippen molar-refractivity contribution >= 4 is 17.0 Å². The fraction of sp³-hybridized carbons (Fsp3) is 0.318. The Bertz CT molecular complexity index is 1010. The fourth-order valence-corrected chi connectivity index (χ4v) is 3.02. The van der Waals surface area contributed by atoms with Gasteiger partial charge in [-0.15, -0.1) is 0 Å². The molecule has 152 valence electrons. The summed E-state index contributed by atoms with van der Waals surface area (Å²) in [5.74, 6) is -1.60. The molecule has 1 amide bonds. The van der Waals surface area contributed by atoms with Crippen LogP contribution in [0.1, 0.15) is 32.1 Å². The first-order valence-corrected chi connectivity index (χ1v) is 9.69. The number of carbonyl (C=O) groups is 1. The first-order chi connectivity index (χ1) is 14.0. The van der Waals surface area contributed by atoms with Crippen molar-refractivity contribution in [3.05, 3.63) is 59.9 Å². The van der Waals surface area contributed by atoms with Gasteiger partial charge in [0.15, 0.2) is 0 Å². The highest BCUT2D eigenvalue weighted by Crippen LogP contribution is 2.27. The number of ether oxygens (including phenoxy) is 1. The number of aromatic nitrogens is 1. The second kappa shape index (κ2) is 8.19. The molecule has 0 bridgehead atoms. The molecule has 2 fully saturated rings. The maximum absolute atomic E-state index is 13.5. The SMILES string of the molecule is Fc1ccc(-c2cc3cc(F)cc(F)c3[nH]2)cc1.O=C(NC1CC1)OC1CCC1. The summed E-state index contributed by atoms with van der Waals surface area (Å²) in [6, 6.07) is 9.92. The number of carbonyl (C=O) groups excluding carboxylic acids is 1. The van der Waals surface area contributed by atoms with Crippen molar-refractivity contribution in [3.8, 4) is 11.3 Å². The molecule has 2 aliphatic carbocycles. The van der Waals surface area contributed by atoms with Crippen LogP contribution in [0.3, 0.4) is 0 Å². The van der Waals surface area contributed by atoms with Crippen molar-refractivity contribution in [2.75, 3.05) is 0 Å². The predicted molar refractivity (Wildman–Crippen MR) is 104 cm³/mol. The van der Waals surface area contributed by atoms with Gasteiger partial charge in [0.1, 0.15) is 23.6 Å². The fourth-order valence-electron chi connectivity index (χ4n) is 3.02. The Morgan fingerprint density at radius 2 is 1.69 bits per heavy atom. The van der Waals surface area contributed by atoms with E-state index in [2.05, 4.69) is 10.3 Å². The van der Waals surface area contributed by atoms with E-state index in [9.17, 15) is 18.0 Å². The van der Waals surface area contributed by atoms with Crippen molar-refractivity contribution in [1.82, 2.24) is 10.3 Å². The van der Waals surface area contributed by atoms with E-state index in [1.165, 1.54) is 24.6 Å². The number of hydrogen-bond donors (Lipinski definition) is 2. The van der Waals surface area contributed by atoms with Crippen LogP contribution >= 0.6 is 0 Å². The van der Waals surface area contributed by atoms with E-state index in [-0.39, 0.29) is 23.5 Å². The summed E-state index contributed by atoms with van der Waals surface area (Å²) in [7, 11) is 0. The molecule has 1 heterocycles. The van der Waals surface area contributed by atoms with Gasteiger partial charge >= 0.3 is 6.09 Å². The lowest BCUT2D eigenvalue weighted by molar-refractivity contribution is 0.0522. The maximum atomic E-state index is 13.5. The van der Waals surface area contributed by atoms with Gasteiger partial charge in [-0.1, -0.05) is 0 Å². The minimum atomic E-state index is -0.640. The molecule has 5 rings (SSSR count). The number of nitrogens with one attached hydrogen (secondary N) is 2. The minimum absolute atomic E-state index is 0.211. The van der Waals surface area contributed by atoms with Gasteiger partial charge in [-0.05, 0) is 74.1 Å². The zero-order chi connectivity index (χ0) is 20.4. The average Bonchev–Trinajstić information content (AvgIpc) is 3.35. The van der Waals surface area contributed by atoms with Crippen LogP contribution in [-0.4, -0.2) is 23.2 Å². The van der Waals surface area contributed by atoms with Crippen LogP contribution in [0.2, 0.25) is 0 Å². The lowest BCUT2D eigenvalue weighted by Crippen LogP contribution is -2.33. The van der Waals surface area contributed by atoms with Crippen molar-refractivity contribution in [2.24, 2.45) is 0 Å². The Labute approximate surface area is 166 Å². The molecule has 2 aliphatic rings. The quantitative estimate of drug-likeness (QED) is 0.592. The van der Waals surface area contributed by atoms with Crippen LogP contribution < -0.4 is 5.32 Å². The Balaban J connectivity index is 0.000000159. The normalized spacial score (nSPS) is 16.0. The second-order valence-corrected chi connectivity index (χ2v) is 7.42. The number of fused-ring (bicyclic) bond motifs is 1. The van der Waals surface area contributed by atoms with Crippen LogP contribution in [0.5, 0.6) is 0 Å². The third-order valence-electron chi connectivity index (χ3n) is 5.03. The standard InChI is InChI=1S/C14H8F3N.C8H13NO2/c15-10-3-1-8(2-4-10)13-6-9-5-11(16)7-12(17)14(9)18-13;10-8(9-6-4-5-6)11-7-2-1-3-7/h1-7,18H;6-7H,1-5H2,(H,9,10). The van der Waals surface area contributed by atoms with E-state index in [1.54, 1.807) is 18.2 Å². The van der Waals surface area contributed by atoms with Gasteiger partial charge < -0.3 is 15.0 Å². The van der Waals surface area contributed by atoms with Gasteiger partial charge in [-0.2, -0.15) is 0 Å². The Morgan fingerprint density at radius 3 is 2.31 bits per heavy atom. The van der Waals surface area contributed by atoms with E-state index in [4.69, 9.17) is 4.74 Å². The number of amides is 1. The maximum Gasteiger partial charge on any atom is 0.407 e. The molecule has 4 nitrogen and oxygen atoms in total. The van der Waals surface area contributed by atoms with Crippen molar-refractivity contribution in [3.63, 3.8) is 0 Å². The van der Waals surface area contributed by atoms with Crippen LogP contribution in [-0.2, 0) is 4.74 Å². The number of H-pyrrole nitrogens is 1. The zero-order valence-electron chi connectivity index (χ0n) is 15.7. The molecular formula is C22H21F3N2O2. The van der Waals surface area contributed by atoms with E-state index in [0.29, 0.717) is 22.7 Å². The van der Waals surface area contributed by atoms with E-state index in [0.717, 1.165) is 31.7 Å². The van der Waals surface area contributed by atoms with Crippen LogP contribution in [0.4, 0.5) is 18.0 Å². The average molecular weight is 402 g/mol. The zero-order valence-corrected chi connectivity index (χ0v) is 15.7. The summed E-state index contributed by atoms with van der Waals surface area (Å²) in [6.45, 7) is 0. The summed E-state index contributed by atoms with van der Waals surface area (Å²) in [6.07, 6.45) is 5.57. The Morgan fingerprint density at radius 1 is 0.966 bits per heavy atom. The molecule has 29 heavy (non-hydrogen) atoms. The Kier molecular flexibility index (Phi) is 5.47. The number of alkyl carbamates (subject to hydrolysis) is 1. The molecule has 1 aromatic heterocycles. The van der Waals surface area contributed by atoms with Crippen molar-refractivity contribution in [1.29, 1.82) is 0 Å². The third-order valence-corrected chi connectivity index (χ3v) is 5.03. The highest BCUT2D eigenvalue weighted by atomic mass is 19.1.